The summed E-state index contributed by atoms with van der Waals surface area (Å²) in [4.78, 5) is 0. The standard InChI is InChI=1S/C13H14N2O3/c14-4-3-10-8-15-18-13(10)9-1-2-11-12(7-9)17-6-5-16-11/h1-2,7-8H,3-6,14H2. The lowest BCUT2D eigenvalue weighted by Crippen LogP contribution is -2.15. The number of rotatable bonds is 3. The van der Waals surface area contributed by atoms with Crippen LogP contribution in [0.3, 0.4) is 0 Å². The second-order valence-electron chi connectivity index (χ2n) is 4.08. The monoisotopic (exact) mass is 246 g/mol. The van der Waals surface area contributed by atoms with Gasteiger partial charge in [0.1, 0.15) is 13.2 Å². The number of nitrogens with two attached hydrogens (primary N) is 1. The van der Waals surface area contributed by atoms with Crippen LogP contribution in [0.5, 0.6) is 11.5 Å². The van der Waals surface area contributed by atoms with Gasteiger partial charge in [0.05, 0.1) is 6.20 Å². The Bertz CT molecular complexity index is 551. The molecule has 0 saturated heterocycles. The fourth-order valence-corrected chi connectivity index (χ4v) is 2.02. The molecular formula is C13H14N2O3. The minimum Gasteiger partial charge on any atom is -0.486 e. The van der Waals surface area contributed by atoms with Crippen LogP contribution >= 0.6 is 0 Å². The van der Waals surface area contributed by atoms with Crippen LogP contribution in [0.15, 0.2) is 28.9 Å². The van der Waals surface area contributed by atoms with Crippen molar-refractivity contribution in [3.63, 3.8) is 0 Å². The largest absolute Gasteiger partial charge is 0.486 e. The van der Waals surface area contributed by atoms with Crippen molar-refractivity contribution in [2.24, 2.45) is 5.73 Å². The van der Waals surface area contributed by atoms with E-state index in [0.717, 1.165) is 34.8 Å². The Hall–Kier alpha value is -2.01. The summed E-state index contributed by atoms with van der Waals surface area (Å²) in [5.74, 6) is 2.26. The van der Waals surface area contributed by atoms with Crippen molar-refractivity contribution in [1.29, 1.82) is 0 Å². The molecular weight excluding hydrogens is 232 g/mol. The van der Waals surface area contributed by atoms with Gasteiger partial charge in [-0.3, -0.25) is 0 Å². The average molecular weight is 246 g/mol. The van der Waals surface area contributed by atoms with Gasteiger partial charge < -0.3 is 19.7 Å². The highest BCUT2D eigenvalue weighted by molar-refractivity contribution is 5.65. The van der Waals surface area contributed by atoms with Crippen molar-refractivity contribution in [1.82, 2.24) is 5.16 Å². The molecule has 0 bridgehead atoms. The van der Waals surface area contributed by atoms with Crippen LogP contribution in [0, 0.1) is 0 Å². The molecule has 0 saturated carbocycles. The van der Waals surface area contributed by atoms with Gasteiger partial charge in [-0.2, -0.15) is 0 Å². The van der Waals surface area contributed by atoms with Crippen molar-refractivity contribution in [3.05, 3.63) is 30.0 Å². The maximum atomic E-state index is 5.56. The normalized spacial score (nSPS) is 13.6. The van der Waals surface area contributed by atoms with Gasteiger partial charge in [-0.15, -0.1) is 0 Å². The molecule has 0 radical (unpaired) electrons. The van der Waals surface area contributed by atoms with Crippen LogP contribution in [0.25, 0.3) is 11.3 Å². The first-order chi connectivity index (χ1) is 8.88. The van der Waals surface area contributed by atoms with Gasteiger partial charge in [-0.05, 0) is 31.2 Å². The quantitative estimate of drug-likeness (QED) is 0.891. The van der Waals surface area contributed by atoms with Gasteiger partial charge in [-0.25, -0.2) is 0 Å². The van der Waals surface area contributed by atoms with E-state index in [-0.39, 0.29) is 0 Å². The van der Waals surface area contributed by atoms with Crippen molar-refractivity contribution >= 4 is 0 Å². The second kappa shape index (κ2) is 4.70. The molecule has 0 atom stereocenters. The third-order valence-electron chi connectivity index (χ3n) is 2.86. The molecule has 2 aromatic rings. The minimum absolute atomic E-state index is 0.568. The van der Waals surface area contributed by atoms with Gasteiger partial charge in [0.25, 0.3) is 0 Å². The molecule has 1 aromatic heterocycles. The molecule has 2 heterocycles. The summed E-state index contributed by atoms with van der Waals surface area (Å²) >= 11 is 0. The summed E-state index contributed by atoms with van der Waals surface area (Å²) < 4.78 is 16.3. The first-order valence-corrected chi connectivity index (χ1v) is 5.92. The summed E-state index contributed by atoms with van der Waals surface area (Å²) in [6.45, 7) is 1.73. The zero-order valence-corrected chi connectivity index (χ0v) is 9.89. The van der Waals surface area contributed by atoms with Crippen LogP contribution < -0.4 is 15.2 Å². The van der Waals surface area contributed by atoms with Crippen LogP contribution in [-0.2, 0) is 6.42 Å². The number of benzene rings is 1. The van der Waals surface area contributed by atoms with Gasteiger partial charge >= 0.3 is 0 Å². The zero-order valence-electron chi connectivity index (χ0n) is 9.89. The summed E-state index contributed by atoms with van der Waals surface area (Å²) in [7, 11) is 0. The second-order valence-corrected chi connectivity index (χ2v) is 4.08. The Labute approximate surface area is 104 Å². The van der Waals surface area contributed by atoms with E-state index in [1.807, 2.05) is 18.2 Å². The Morgan fingerprint density at radius 3 is 2.83 bits per heavy atom. The van der Waals surface area contributed by atoms with E-state index in [0.29, 0.717) is 19.8 Å². The van der Waals surface area contributed by atoms with Gasteiger partial charge in [-0.1, -0.05) is 5.16 Å². The Morgan fingerprint density at radius 1 is 1.17 bits per heavy atom. The highest BCUT2D eigenvalue weighted by Crippen LogP contribution is 2.35. The minimum atomic E-state index is 0.568. The SMILES string of the molecule is NCCc1cnoc1-c1ccc2c(c1)OCCO2. The molecule has 18 heavy (non-hydrogen) atoms. The van der Waals surface area contributed by atoms with Crippen molar-refractivity contribution in [3.8, 4) is 22.8 Å². The fourth-order valence-electron chi connectivity index (χ4n) is 2.02. The summed E-state index contributed by atoms with van der Waals surface area (Å²) in [6, 6.07) is 5.74. The highest BCUT2D eigenvalue weighted by atomic mass is 16.6. The average Bonchev–Trinajstić information content (AvgIpc) is 2.87. The van der Waals surface area contributed by atoms with Gasteiger partial charge in [0, 0.05) is 11.1 Å². The lowest BCUT2D eigenvalue weighted by Gasteiger charge is -2.18. The zero-order chi connectivity index (χ0) is 12.4. The topological polar surface area (TPSA) is 70.5 Å². The fraction of sp³-hybridized carbons (Fsp3) is 0.308. The Morgan fingerprint density at radius 2 is 2.00 bits per heavy atom. The lowest BCUT2D eigenvalue weighted by molar-refractivity contribution is 0.171. The molecule has 0 aliphatic carbocycles. The van der Waals surface area contributed by atoms with Crippen molar-refractivity contribution in [2.45, 2.75) is 6.42 Å². The molecule has 0 unspecified atom stereocenters. The summed E-state index contributed by atoms with van der Waals surface area (Å²) in [5.41, 5.74) is 7.50. The molecule has 2 N–H and O–H groups in total. The molecule has 3 rings (SSSR count). The van der Waals surface area contributed by atoms with Crippen molar-refractivity contribution < 1.29 is 14.0 Å². The number of aromatic nitrogens is 1. The molecule has 0 amide bonds. The predicted molar refractivity (Wildman–Crippen MR) is 65.7 cm³/mol. The van der Waals surface area contributed by atoms with Crippen LogP contribution in [0.2, 0.25) is 0 Å². The number of hydrogen-bond acceptors (Lipinski definition) is 5. The Kier molecular flexibility index (Phi) is 2.90. The molecule has 0 fully saturated rings. The Balaban J connectivity index is 1.98. The third-order valence-corrected chi connectivity index (χ3v) is 2.86. The molecule has 94 valence electrons. The molecule has 1 aromatic carbocycles. The van der Waals surface area contributed by atoms with Crippen LogP contribution in [0.4, 0.5) is 0 Å². The lowest BCUT2D eigenvalue weighted by atomic mass is 10.1. The number of ether oxygens (including phenoxy) is 2. The van der Waals surface area contributed by atoms with E-state index in [1.165, 1.54) is 0 Å². The van der Waals surface area contributed by atoms with Crippen LogP contribution in [0.1, 0.15) is 5.56 Å². The van der Waals surface area contributed by atoms with E-state index >= 15 is 0 Å². The molecule has 5 heteroatoms. The number of hydrogen-bond donors (Lipinski definition) is 1. The van der Waals surface area contributed by atoms with E-state index < -0.39 is 0 Å². The maximum Gasteiger partial charge on any atom is 0.170 e. The maximum absolute atomic E-state index is 5.56. The van der Waals surface area contributed by atoms with Crippen molar-refractivity contribution in [2.75, 3.05) is 19.8 Å². The smallest absolute Gasteiger partial charge is 0.170 e. The predicted octanol–water partition coefficient (Wildman–Crippen LogP) is 1.61. The molecule has 1 aliphatic heterocycles. The summed E-state index contributed by atoms with van der Waals surface area (Å²) in [5, 5.41) is 3.83. The number of nitrogens with zero attached hydrogens (tertiary/aromatic N) is 1. The third kappa shape index (κ3) is 1.93. The highest BCUT2D eigenvalue weighted by Gasteiger charge is 2.16. The van der Waals surface area contributed by atoms with E-state index in [2.05, 4.69) is 5.16 Å². The van der Waals surface area contributed by atoms with E-state index in [4.69, 9.17) is 19.7 Å². The molecule has 0 spiro atoms. The van der Waals surface area contributed by atoms with E-state index in [1.54, 1.807) is 6.20 Å². The van der Waals surface area contributed by atoms with Crippen LogP contribution in [-0.4, -0.2) is 24.9 Å². The molecule has 5 nitrogen and oxygen atoms in total. The van der Waals surface area contributed by atoms with Gasteiger partial charge in [0.15, 0.2) is 17.3 Å². The van der Waals surface area contributed by atoms with E-state index in [9.17, 15) is 0 Å². The summed E-state index contributed by atoms with van der Waals surface area (Å²) in [6.07, 6.45) is 2.45. The first-order valence-electron chi connectivity index (χ1n) is 5.92. The first kappa shape index (κ1) is 11.1. The number of fused-ring (bicyclic) bond motifs is 1. The van der Waals surface area contributed by atoms with Gasteiger partial charge in [0.2, 0.25) is 0 Å². The molecule has 1 aliphatic rings.